The molecule has 0 fully saturated rings. The number of hydrogen-bond donors (Lipinski definition) is 1. The van der Waals surface area contributed by atoms with Gasteiger partial charge in [-0.15, -0.1) is 0 Å². The highest BCUT2D eigenvalue weighted by Gasteiger charge is 2.14. The Morgan fingerprint density at radius 3 is 2.83 bits per heavy atom. The van der Waals surface area contributed by atoms with Gasteiger partial charge < -0.3 is 0 Å². The van der Waals surface area contributed by atoms with E-state index >= 15 is 0 Å². The number of hydrogen-bond acceptors (Lipinski definition) is 5. The highest BCUT2D eigenvalue weighted by atomic mass is 35.5. The number of pyridine rings is 2. The van der Waals surface area contributed by atoms with E-state index in [1.807, 2.05) is 24.5 Å². The summed E-state index contributed by atoms with van der Waals surface area (Å²) >= 11 is 7.35. The van der Waals surface area contributed by atoms with Gasteiger partial charge in [0.2, 0.25) is 0 Å². The summed E-state index contributed by atoms with van der Waals surface area (Å²) in [7, 11) is 0. The van der Waals surface area contributed by atoms with Crippen molar-refractivity contribution in [3.05, 3.63) is 59.8 Å². The van der Waals surface area contributed by atoms with Gasteiger partial charge in [-0.3, -0.25) is 5.10 Å². The molecule has 0 aliphatic heterocycles. The second-order valence-corrected chi connectivity index (χ2v) is 6.46. The van der Waals surface area contributed by atoms with E-state index in [0.29, 0.717) is 10.6 Å². The summed E-state index contributed by atoms with van der Waals surface area (Å²) < 4.78 is 1.71. The largest absolute Gasteiger partial charge is 0.285 e. The van der Waals surface area contributed by atoms with Gasteiger partial charge in [0.15, 0.2) is 0 Å². The van der Waals surface area contributed by atoms with E-state index in [-0.39, 0.29) is 0 Å². The zero-order chi connectivity index (χ0) is 16.5. The first-order valence-electron chi connectivity index (χ1n) is 6.94. The maximum atomic E-state index is 9.34. The number of rotatable bonds is 3. The molecule has 8 heteroatoms. The van der Waals surface area contributed by atoms with E-state index in [0.717, 1.165) is 26.6 Å². The molecule has 6 nitrogen and oxygen atoms in total. The molecule has 0 aliphatic rings. The summed E-state index contributed by atoms with van der Waals surface area (Å²) in [6.45, 7) is 0. The third-order valence-corrected chi connectivity index (χ3v) is 4.65. The molecule has 0 aromatic carbocycles. The summed E-state index contributed by atoms with van der Waals surface area (Å²) in [5.74, 6) is 0. The lowest BCUT2D eigenvalue weighted by Gasteiger charge is -2.07. The molecule has 0 atom stereocenters. The minimum Gasteiger partial charge on any atom is -0.285 e. The van der Waals surface area contributed by atoms with Gasteiger partial charge in [-0.05, 0) is 18.2 Å². The Morgan fingerprint density at radius 1 is 1.21 bits per heavy atom. The van der Waals surface area contributed by atoms with Gasteiger partial charge in [0, 0.05) is 34.6 Å². The van der Waals surface area contributed by atoms with E-state index in [2.05, 4.69) is 26.3 Å². The van der Waals surface area contributed by atoms with Crippen LogP contribution >= 0.6 is 23.4 Å². The first-order chi connectivity index (χ1) is 11.7. The molecule has 4 aromatic rings. The number of halogens is 1. The van der Waals surface area contributed by atoms with Gasteiger partial charge in [0.05, 0.1) is 28.5 Å². The van der Waals surface area contributed by atoms with Crippen LogP contribution in [-0.2, 0) is 0 Å². The van der Waals surface area contributed by atoms with Crippen LogP contribution in [0.15, 0.2) is 59.1 Å². The first-order valence-corrected chi connectivity index (χ1v) is 8.14. The van der Waals surface area contributed by atoms with E-state index in [1.54, 1.807) is 29.2 Å². The van der Waals surface area contributed by atoms with Crippen molar-refractivity contribution in [2.75, 3.05) is 0 Å². The summed E-state index contributed by atoms with van der Waals surface area (Å²) in [5, 5.41) is 21.8. The highest BCUT2D eigenvalue weighted by Crippen LogP contribution is 2.34. The van der Waals surface area contributed by atoms with Crippen LogP contribution in [-0.4, -0.2) is 24.8 Å². The van der Waals surface area contributed by atoms with Gasteiger partial charge in [-0.1, -0.05) is 23.4 Å². The second kappa shape index (κ2) is 6.00. The standard InChI is InChI=1S/C16H9ClN6S/c17-13-1-2-15(19-8-13)24-14-3-10(12-5-20-21-6-12)9-23-16(14)11(4-18)7-22-23/h1-3,5-9H,(H,20,21). The normalized spacial score (nSPS) is 10.8. The molecular weight excluding hydrogens is 344 g/mol. The van der Waals surface area contributed by atoms with E-state index in [1.165, 1.54) is 11.8 Å². The zero-order valence-electron chi connectivity index (χ0n) is 12.1. The third kappa shape index (κ3) is 2.62. The Morgan fingerprint density at radius 2 is 2.12 bits per heavy atom. The fourth-order valence-electron chi connectivity index (χ4n) is 2.35. The van der Waals surface area contributed by atoms with Crippen LogP contribution in [0.5, 0.6) is 0 Å². The molecule has 0 amide bonds. The van der Waals surface area contributed by atoms with Crippen molar-refractivity contribution in [3.8, 4) is 17.2 Å². The molecular formula is C16H9ClN6S. The molecule has 0 unspecified atom stereocenters. The van der Waals surface area contributed by atoms with Crippen molar-refractivity contribution in [3.63, 3.8) is 0 Å². The van der Waals surface area contributed by atoms with Crippen molar-refractivity contribution in [2.45, 2.75) is 9.92 Å². The molecule has 0 radical (unpaired) electrons. The molecule has 0 bridgehead atoms. The molecule has 4 heterocycles. The molecule has 1 N–H and O–H groups in total. The molecule has 0 saturated heterocycles. The number of aromatic nitrogens is 5. The van der Waals surface area contributed by atoms with E-state index < -0.39 is 0 Å². The monoisotopic (exact) mass is 352 g/mol. The van der Waals surface area contributed by atoms with Gasteiger partial charge in [-0.2, -0.15) is 15.5 Å². The number of nitrogens with one attached hydrogen (secondary N) is 1. The minimum atomic E-state index is 0.519. The molecule has 4 rings (SSSR count). The molecule has 0 saturated carbocycles. The van der Waals surface area contributed by atoms with Crippen LogP contribution < -0.4 is 0 Å². The minimum absolute atomic E-state index is 0.519. The third-order valence-electron chi connectivity index (χ3n) is 3.44. The fourth-order valence-corrected chi connectivity index (χ4v) is 3.41. The quantitative estimate of drug-likeness (QED) is 0.606. The molecule has 116 valence electrons. The number of nitrogens with zero attached hydrogens (tertiary/aromatic N) is 5. The van der Waals surface area contributed by atoms with E-state index in [9.17, 15) is 5.26 Å². The predicted molar refractivity (Wildman–Crippen MR) is 90.9 cm³/mol. The van der Waals surface area contributed by atoms with Crippen molar-refractivity contribution < 1.29 is 0 Å². The SMILES string of the molecule is N#Cc1cnn2cc(-c3cn[nH]c3)cc(Sc3ccc(Cl)cn3)c12. The lowest BCUT2D eigenvalue weighted by molar-refractivity contribution is 0.951. The van der Waals surface area contributed by atoms with Gasteiger partial charge >= 0.3 is 0 Å². The van der Waals surface area contributed by atoms with Crippen LogP contribution in [0.1, 0.15) is 5.56 Å². The van der Waals surface area contributed by atoms with Crippen LogP contribution in [0.2, 0.25) is 5.02 Å². The van der Waals surface area contributed by atoms with Crippen LogP contribution in [0.3, 0.4) is 0 Å². The molecule has 0 aliphatic carbocycles. The summed E-state index contributed by atoms with van der Waals surface area (Å²) in [6, 6.07) is 7.82. The van der Waals surface area contributed by atoms with Crippen molar-refractivity contribution in [2.24, 2.45) is 0 Å². The van der Waals surface area contributed by atoms with Crippen LogP contribution in [0.25, 0.3) is 16.6 Å². The van der Waals surface area contributed by atoms with E-state index in [4.69, 9.17) is 11.6 Å². The summed E-state index contributed by atoms with van der Waals surface area (Å²) in [6.07, 6.45) is 8.59. The first kappa shape index (κ1) is 14.8. The number of H-pyrrole nitrogens is 1. The average Bonchev–Trinajstić information content (AvgIpc) is 3.26. The summed E-state index contributed by atoms with van der Waals surface area (Å²) in [5.41, 5.74) is 3.16. The molecule has 4 aromatic heterocycles. The van der Waals surface area contributed by atoms with Crippen LogP contribution in [0.4, 0.5) is 0 Å². The Balaban J connectivity index is 1.89. The number of aromatic amines is 1. The topological polar surface area (TPSA) is 82.7 Å². The Labute approximate surface area is 146 Å². The van der Waals surface area contributed by atoms with Crippen molar-refractivity contribution in [1.29, 1.82) is 5.26 Å². The van der Waals surface area contributed by atoms with Crippen LogP contribution in [0, 0.1) is 11.3 Å². The Bertz CT molecular complexity index is 1050. The zero-order valence-corrected chi connectivity index (χ0v) is 13.7. The smallest absolute Gasteiger partial charge is 0.103 e. The fraction of sp³-hybridized carbons (Fsp3) is 0. The maximum Gasteiger partial charge on any atom is 0.103 e. The van der Waals surface area contributed by atoms with Crippen molar-refractivity contribution in [1.82, 2.24) is 24.8 Å². The highest BCUT2D eigenvalue weighted by molar-refractivity contribution is 7.99. The van der Waals surface area contributed by atoms with Gasteiger partial charge in [0.1, 0.15) is 11.1 Å². The average molecular weight is 353 g/mol. The number of fused-ring (bicyclic) bond motifs is 1. The lowest BCUT2D eigenvalue weighted by atomic mass is 10.1. The second-order valence-electron chi connectivity index (χ2n) is 4.96. The Hall–Kier alpha value is -2.82. The summed E-state index contributed by atoms with van der Waals surface area (Å²) in [4.78, 5) is 5.20. The van der Waals surface area contributed by atoms with Gasteiger partial charge in [-0.25, -0.2) is 9.50 Å². The molecule has 24 heavy (non-hydrogen) atoms. The predicted octanol–water partition coefficient (Wildman–Crippen LogP) is 3.80. The maximum absolute atomic E-state index is 9.34. The van der Waals surface area contributed by atoms with Crippen molar-refractivity contribution >= 4 is 28.9 Å². The lowest BCUT2D eigenvalue weighted by Crippen LogP contribution is -1.92. The molecule has 0 spiro atoms. The Kier molecular flexibility index (Phi) is 3.69. The van der Waals surface area contributed by atoms with Gasteiger partial charge in [0.25, 0.3) is 0 Å². The number of nitriles is 1.